The number of rotatable bonds is 4. The second kappa shape index (κ2) is 6.51. The summed E-state index contributed by atoms with van der Waals surface area (Å²) < 4.78 is 6.80. The van der Waals surface area contributed by atoms with Crippen molar-refractivity contribution in [2.75, 3.05) is 0 Å². The Labute approximate surface area is 150 Å². The molecule has 0 aliphatic heterocycles. The molecule has 1 aromatic carbocycles. The molecule has 0 unspecified atom stereocenters. The van der Waals surface area contributed by atoms with E-state index in [1.165, 1.54) is 0 Å². The number of hydrogen-bond donors (Lipinski definition) is 0. The lowest BCUT2D eigenvalue weighted by atomic mass is 10.0. The molecular weight excluding hydrogens is 328 g/mol. The van der Waals surface area contributed by atoms with Crippen LogP contribution in [0.2, 0.25) is 0 Å². The molecule has 26 heavy (non-hydrogen) atoms. The molecule has 0 saturated heterocycles. The molecule has 4 rings (SSSR count). The minimum atomic E-state index is 0.473. The van der Waals surface area contributed by atoms with Crippen molar-refractivity contribution in [2.24, 2.45) is 0 Å². The highest BCUT2D eigenvalue weighted by Crippen LogP contribution is 2.26. The monoisotopic (exact) mass is 346 g/mol. The molecule has 0 radical (unpaired) electrons. The number of aromatic nitrogens is 6. The highest BCUT2D eigenvalue weighted by Gasteiger charge is 2.10. The van der Waals surface area contributed by atoms with Crippen molar-refractivity contribution in [1.29, 1.82) is 0 Å². The summed E-state index contributed by atoms with van der Waals surface area (Å²) in [4.78, 5) is 13.0. The maximum absolute atomic E-state index is 5.00. The Morgan fingerprint density at radius 2 is 1.88 bits per heavy atom. The van der Waals surface area contributed by atoms with Gasteiger partial charge in [0.15, 0.2) is 5.82 Å². The summed E-state index contributed by atoms with van der Waals surface area (Å²) in [5.41, 5.74) is 4.96. The van der Waals surface area contributed by atoms with Gasteiger partial charge in [0.2, 0.25) is 5.89 Å². The van der Waals surface area contributed by atoms with E-state index in [1.807, 2.05) is 44.4 Å². The van der Waals surface area contributed by atoms with Crippen molar-refractivity contribution >= 4 is 0 Å². The second-order valence-electron chi connectivity index (χ2n) is 6.16. The van der Waals surface area contributed by atoms with E-state index in [2.05, 4.69) is 37.3 Å². The summed E-state index contributed by atoms with van der Waals surface area (Å²) in [6, 6.07) is 10.2. The van der Waals surface area contributed by atoms with Gasteiger partial charge in [-0.3, -0.25) is 4.68 Å². The predicted molar refractivity (Wildman–Crippen MR) is 96.3 cm³/mol. The first-order valence-corrected chi connectivity index (χ1v) is 8.32. The van der Waals surface area contributed by atoms with E-state index in [4.69, 9.17) is 4.52 Å². The predicted octanol–water partition coefficient (Wildman–Crippen LogP) is 3.36. The van der Waals surface area contributed by atoms with Gasteiger partial charge < -0.3 is 4.52 Å². The largest absolute Gasteiger partial charge is 0.340 e. The minimum absolute atomic E-state index is 0.473. The molecule has 0 aliphatic carbocycles. The van der Waals surface area contributed by atoms with Crippen molar-refractivity contribution < 1.29 is 4.52 Å². The zero-order chi connectivity index (χ0) is 18.1. The van der Waals surface area contributed by atoms with E-state index < -0.39 is 0 Å². The molecule has 0 saturated carbocycles. The summed E-state index contributed by atoms with van der Waals surface area (Å²) >= 11 is 0. The first kappa shape index (κ1) is 16.1. The van der Waals surface area contributed by atoms with Crippen LogP contribution in [0.3, 0.4) is 0 Å². The topological polar surface area (TPSA) is 82.5 Å². The van der Waals surface area contributed by atoms with Crippen molar-refractivity contribution in [3.05, 3.63) is 65.8 Å². The first-order chi connectivity index (χ1) is 12.6. The summed E-state index contributed by atoms with van der Waals surface area (Å²) in [5.74, 6) is 1.92. The van der Waals surface area contributed by atoms with Crippen molar-refractivity contribution in [3.8, 4) is 22.5 Å². The fourth-order valence-electron chi connectivity index (χ4n) is 2.80. The SMILES string of the molecule is Cc1ncc(C)c(-c2cccc(-c3ccn(Cc4noc(C)n4)n3)c2)n1. The molecule has 4 aromatic rings. The van der Waals surface area contributed by atoms with Crippen LogP contribution in [0.5, 0.6) is 0 Å². The molecule has 7 heteroatoms. The van der Waals surface area contributed by atoms with Gasteiger partial charge in [0.25, 0.3) is 0 Å². The van der Waals surface area contributed by atoms with Crippen LogP contribution in [0.4, 0.5) is 0 Å². The van der Waals surface area contributed by atoms with E-state index in [1.54, 1.807) is 11.6 Å². The average Bonchev–Trinajstić information content (AvgIpc) is 3.27. The molecule has 130 valence electrons. The molecule has 0 bridgehead atoms. The standard InChI is InChI=1S/C19H18N6O/c1-12-10-20-13(2)21-19(12)16-6-4-5-15(9-16)17-7-8-25(23-17)11-18-22-14(3)26-24-18/h4-10H,11H2,1-3H3. The van der Waals surface area contributed by atoms with Crippen molar-refractivity contribution in [2.45, 2.75) is 27.3 Å². The third-order valence-electron chi connectivity index (χ3n) is 4.04. The van der Waals surface area contributed by atoms with E-state index in [0.717, 1.165) is 33.9 Å². The second-order valence-corrected chi connectivity index (χ2v) is 6.16. The van der Waals surface area contributed by atoms with Crippen LogP contribution >= 0.6 is 0 Å². The van der Waals surface area contributed by atoms with E-state index in [9.17, 15) is 0 Å². The van der Waals surface area contributed by atoms with Gasteiger partial charge in [0, 0.05) is 30.4 Å². The molecule has 3 aromatic heterocycles. The Bertz CT molecular complexity index is 1070. The fourth-order valence-corrected chi connectivity index (χ4v) is 2.80. The van der Waals surface area contributed by atoms with Crippen LogP contribution in [-0.4, -0.2) is 29.9 Å². The number of aryl methyl sites for hydroxylation is 3. The number of hydrogen-bond acceptors (Lipinski definition) is 6. The van der Waals surface area contributed by atoms with Gasteiger partial charge in [-0.15, -0.1) is 0 Å². The summed E-state index contributed by atoms with van der Waals surface area (Å²) in [6.45, 7) is 6.16. The molecule has 0 spiro atoms. The molecule has 7 nitrogen and oxygen atoms in total. The highest BCUT2D eigenvalue weighted by atomic mass is 16.5. The zero-order valence-electron chi connectivity index (χ0n) is 14.8. The maximum Gasteiger partial charge on any atom is 0.223 e. The van der Waals surface area contributed by atoms with Crippen LogP contribution in [0.25, 0.3) is 22.5 Å². The lowest BCUT2D eigenvalue weighted by Gasteiger charge is -2.07. The Morgan fingerprint density at radius 1 is 1.04 bits per heavy atom. The Morgan fingerprint density at radius 3 is 2.69 bits per heavy atom. The number of nitrogens with zero attached hydrogens (tertiary/aromatic N) is 6. The lowest BCUT2D eigenvalue weighted by molar-refractivity contribution is 0.385. The molecule has 0 atom stereocenters. The molecule has 0 fully saturated rings. The molecule has 0 amide bonds. The Balaban J connectivity index is 1.64. The van der Waals surface area contributed by atoms with Gasteiger partial charge in [-0.2, -0.15) is 10.1 Å². The van der Waals surface area contributed by atoms with Crippen LogP contribution in [-0.2, 0) is 6.54 Å². The number of benzene rings is 1. The van der Waals surface area contributed by atoms with Gasteiger partial charge in [0.1, 0.15) is 12.4 Å². The summed E-state index contributed by atoms with van der Waals surface area (Å²) in [7, 11) is 0. The average molecular weight is 346 g/mol. The smallest absolute Gasteiger partial charge is 0.223 e. The molecular formula is C19H18N6O. The quantitative estimate of drug-likeness (QED) is 0.563. The van der Waals surface area contributed by atoms with Crippen LogP contribution in [0.1, 0.15) is 23.1 Å². The maximum atomic E-state index is 5.00. The van der Waals surface area contributed by atoms with E-state index >= 15 is 0 Å². The lowest BCUT2D eigenvalue weighted by Crippen LogP contribution is -2.02. The third-order valence-corrected chi connectivity index (χ3v) is 4.04. The Hall–Kier alpha value is -3.35. The molecule has 3 heterocycles. The highest BCUT2D eigenvalue weighted by molar-refractivity contribution is 5.70. The van der Waals surface area contributed by atoms with Crippen LogP contribution < -0.4 is 0 Å². The van der Waals surface area contributed by atoms with Gasteiger partial charge in [-0.25, -0.2) is 9.97 Å². The normalized spacial score (nSPS) is 11.0. The van der Waals surface area contributed by atoms with Crippen molar-refractivity contribution in [3.63, 3.8) is 0 Å². The van der Waals surface area contributed by atoms with Gasteiger partial charge >= 0.3 is 0 Å². The van der Waals surface area contributed by atoms with Crippen molar-refractivity contribution in [1.82, 2.24) is 29.9 Å². The van der Waals surface area contributed by atoms with Gasteiger partial charge in [-0.1, -0.05) is 23.4 Å². The summed E-state index contributed by atoms with van der Waals surface area (Å²) in [5, 5.41) is 8.53. The van der Waals surface area contributed by atoms with Gasteiger partial charge in [0.05, 0.1) is 11.4 Å². The van der Waals surface area contributed by atoms with Gasteiger partial charge in [-0.05, 0) is 31.5 Å². The fraction of sp³-hybridized carbons (Fsp3) is 0.211. The minimum Gasteiger partial charge on any atom is -0.340 e. The van der Waals surface area contributed by atoms with E-state index in [0.29, 0.717) is 18.3 Å². The first-order valence-electron chi connectivity index (χ1n) is 8.32. The van der Waals surface area contributed by atoms with Crippen LogP contribution in [0.15, 0.2) is 47.2 Å². The molecule has 0 N–H and O–H groups in total. The molecule has 0 aliphatic rings. The zero-order valence-corrected chi connectivity index (χ0v) is 14.8. The summed E-state index contributed by atoms with van der Waals surface area (Å²) in [6.07, 6.45) is 3.76. The Kier molecular flexibility index (Phi) is 4.04. The van der Waals surface area contributed by atoms with E-state index in [-0.39, 0.29) is 0 Å². The van der Waals surface area contributed by atoms with Crippen LogP contribution in [0, 0.1) is 20.8 Å². The third kappa shape index (κ3) is 3.23.